The van der Waals surface area contributed by atoms with E-state index in [4.69, 9.17) is 33.7 Å². The zero-order chi connectivity index (χ0) is 19.7. The molecule has 1 aromatic heterocycles. The van der Waals surface area contributed by atoms with E-state index in [2.05, 4.69) is 4.98 Å². The normalized spacial score (nSPS) is 23.8. The van der Waals surface area contributed by atoms with Crippen molar-refractivity contribution < 1.29 is 9.53 Å². The molecule has 2 aliphatic rings. The molecule has 0 spiro atoms. The number of aromatic nitrogens is 1. The SMILES string of the molecule is NC1CCOC(C2CCN(C(=O)c3cnc(-c4c(Cl)cccc4Cl)s3)CC2)C1. The Balaban J connectivity index is 1.40. The van der Waals surface area contributed by atoms with Crippen LogP contribution in [0.25, 0.3) is 10.6 Å². The summed E-state index contributed by atoms with van der Waals surface area (Å²) in [4.78, 5) is 19.8. The van der Waals surface area contributed by atoms with Crippen LogP contribution in [-0.2, 0) is 4.74 Å². The molecule has 0 saturated carbocycles. The van der Waals surface area contributed by atoms with Gasteiger partial charge in [-0.05, 0) is 43.7 Å². The molecule has 8 heteroatoms. The van der Waals surface area contributed by atoms with Crippen molar-refractivity contribution >= 4 is 40.4 Å². The first-order chi connectivity index (χ1) is 13.5. The molecule has 2 fully saturated rings. The van der Waals surface area contributed by atoms with Gasteiger partial charge in [-0.1, -0.05) is 29.3 Å². The van der Waals surface area contributed by atoms with Gasteiger partial charge in [0.1, 0.15) is 9.88 Å². The Kier molecular flexibility index (Phi) is 6.23. The molecule has 2 N–H and O–H groups in total. The second-order valence-electron chi connectivity index (χ2n) is 7.45. The van der Waals surface area contributed by atoms with Crippen molar-refractivity contribution in [2.24, 2.45) is 11.7 Å². The Morgan fingerprint density at radius 2 is 1.93 bits per heavy atom. The number of ether oxygens (including phenoxy) is 1. The quantitative estimate of drug-likeness (QED) is 0.765. The highest BCUT2D eigenvalue weighted by atomic mass is 35.5. The number of piperidine rings is 1. The minimum absolute atomic E-state index is 0.0200. The van der Waals surface area contributed by atoms with Crippen LogP contribution in [0, 0.1) is 5.92 Å². The van der Waals surface area contributed by atoms with Crippen LogP contribution in [0.4, 0.5) is 0 Å². The number of carbonyl (C=O) groups excluding carboxylic acids is 1. The molecule has 1 amide bonds. The standard InChI is InChI=1S/C20H23Cl2N3O2S/c21-14-2-1-3-15(22)18(14)19-24-11-17(28-19)20(26)25-7-4-12(5-8-25)16-10-13(23)6-9-27-16/h1-3,11-13,16H,4-10,23H2. The Labute approximate surface area is 178 Å². The molecule has 28 heavy (non-hydrogen) atoms. The minimum atomic E-state index is 0.0200. The van der Waals surface area contributed by atoms with E-state index in [1.165, 1.54) is 11.3 Å². The third-order valence-corrected chi connectivity index (χ3v) is 7.23. The van der Waals surface area contributed by atoms with Crippen LogP contribution in [0.1, 0.15) is 35.4 Å². The van der Waals surface area contributed by atoms with Gasteiger partial charge in [-0.25, -0.2) is 4.98 Å². The average Bonchev–Trinajstić information content (AvgIpc) is 3.17. The van der Waals surface area contributed by atoms with Crippen molar-refractivity contribution in [3.05, 3.63) is 39.3 Å². The lowest BCUT2D eigenvalue weighted by molar-refractivity contribution is -0.0419. The Morgan fingerprint density at radius 3 is 2.61 bits per heavy atom. The minimum Gasteiger partial charge on any atom is -0.378 e. The van der Waals surface area contributed by atoms with Gasteiger partial charge >= 0.3 is 0 Å². The number of benzene rings is 1. The highest BCUT2D eigenvalue weighted by molar-refractivity contribution is 7.17. The molecule has 0 bridgehead atoms. The highest BCUT2D eigenvalue weighted by Crippen LogP contribution is 2.37. The maximum absolute atomic E-state index is 12.9. The summed E-state index contributed by atoms with van der Waals surface area (Å²) in [7, 11) is 0. The number of rotatable bonds is 3. The molecule has 1 aromatic carbocycles. The number of hydrogen-bond acceptors (Lipinski definition) is 5. The molecule has 2 saturated heterocycles. The van der Waals surface area contributed by atoms with Gasteiger partial charge in [-0.2, -0.15) is 0 Å². The summed E-state index contributed by atoms with van der Waals surface area (Å²) >= 11 is 13.9. The van der Waals surface area contributed by atoms with Crippen LogP contribution in [0.5, 0.6) is 0 Å². The maximum atomic E-state index is 12.9. The van der Waals surface area contributed by atoms with Gasteiger partial charge in [0.2, 0.25) is 0 Å². The Bertz CT molecular complexity index is 831. The van der Waals surface area contributed by atoms with Crippen LogP contribution in [0.2, 0.25) is 10.0 Å². The second kappa shape index (κ2) is 8.67. The third-order valence-electron chi connectivity index (χ3n) is 5.60. The molecule has 2 unspecified atom stereocenters. The predicted molar refractivity (Wildman–Crippen MR) is 113 cm³/mol. The molecule has 150 valence electrons. The molecule has 2 aromatic rings. The lowest BCUT2D eigenvalue weighted by atomic mass is 9.86. The first-order valence-electron chi connectivity index (χ1n) is 9.59. The van der Waals surface area contributed by atoms with Crippen LogP contribution < -0.4 is 5.73 Å². The third kappa shape index (κ3) is 4.21. The number of carbonyl (C=O) groups is 1. The van der Waals surface area contributed by atoms with E-state index in [1.807, 2.05) is 4.90 Å². The van der Waals surface area contributed by atoms with E-state index in [-0.39, 0.29) is 18.1 Å². The Morgan fingerprint density at radius 1 is 1.21 bits per heavy atom. The lowest BCUT2D eigenvalue weighted by Gasteiger charge is -2.38. The number of nitrogens with two attached hydrogens (primary N) is 1. The zero-order valence-electron chi connectivity index (χ0n) is 15.4. The summed E-state index contributed by atoms with van der Waals surface area (Å²) in [6.07, 6.45) is 5.62. The monoisotopic (exact) mass is 439 g/mol. The molecule has 3 heterocycles. The van der Waals surface area contributed by atoms with E-state index in [0.29, 0.717) is 31.4 Å². The first kappa shape index (κ1) is 20.1. The summed E-state index contributed by atoms with van der Waals surface area (Å²) in [6.45, 7) is 2.22. The zero-order valence-corrected chi connectivity index (χ0v) is 17.8. The lowest BCUT2D eigenvalue weighted by Crippen LogP contribution is -2.45. The fraction of sp³-hybridized carbons (Fsp3) is 0.500. The number of amides is 1. The van der Waals surface area contributed by atoms with Gasteiger partial charge in [-0.3, -0.25) is 4.79 Å². The van der Waals surface area contributed by atoms with E-state index < -0.39 is 0 Å². The number of hydrogen-bond donors (Lipinski definition) is 1. The fourth-order valence-corrected chi connectivity index (χ4v) is 5.65. The molecule has 0 radical (unpaired) electrons. The summed E-state index contributed by atoms with van der Waals surface area (Å²) in [5, 5.41) is 1.73. The van der Waals surface area contributed by atoms with E-state index >= 15 is 0 Å². The van der Waals surface area contributed by atoms with Crippen molar-refractivity contribution in [1.29, 1.82) is 0 Å². The van der Waals surface area contributed by atoms with Crippen molar-refractivity contribution in [2.75, 3.05) is 19.7 Å². The van der Waals surface area contributed by atoms with Gasteiger partial charge in [0.25, 0.3) is 5.91 Å². The van der Waals surface area contributed by atoms with Crippen LogP contribution >= 0.6 is 34.5 Å². The van der Waals surface area contributed by atoms with Crippen molar-refractivity contribution in [3.63, 3.8) is 0 Å². The number of halogens is 2. The molecule has 4 rings (SSSR count). The van der Waals surface area contributed by atoms with Crippen molar-refractivity contribution in [3.8, 4) is 10.6 Å². The topological polar surface area (TPSA) is 68.5 Å². The van der Waals surface area contributed by atoms with Crippen LogP contribution in [0.3, 0.4) is 0 Å². The van der Waals surface area contributed by atoms with Crippen molar-refractivity contribution in [1.82, 2.24) is 9.88 Å². The molecular weight excluding hydrogens is 417 g/mol. The van der Waals surface area contributed by atoms with Gasteiger partial charge in [0.15, 0.2) is 0 Å². The largest absolute Gasteiger partial charge is 0.378 e. The number of likely N-dealkylation sites (tertiary alicyclic amines) is 1. The molecular formula is C20H23Cl2N3O2S. The van der Waals surface area contributed by atoms with E-state index in [0.717, 1.165) is 45.4 Å². The van der Waals surface area contributed by atoms with Gasteiger partial charge in [0.05, 0.1) is 22.3 Å². The molecule has 2 atom stereocenters. The van der Waals surface area contributed by atoms with E-state index in [9.17, 15) is 4.79 Å². The molecule has 0 aliphatic carbocycles. The van der Waals surface area contributed by atoms with Gasteiger partial charge in [-0.15, -0.1) is 11.3 Å². The summed E-state index contributed by atoms with van der Waals surface area (Å²) in [5.41, 5.74) is 6.77. The van der Waals surface area contributed by atoms with Crippen LogP contribution in [0.15, 0.2) is 24.4 Å². The van der Waals surface area contributed by atoms with Crippen LogP contribution in [-0.4, -0.2) is 47.6 Å². The fourth-order valence-electron chi connectivity index (χ4n) is 4.00. The number of thiazole rings is 1. The maximum Gasteiger partial charge on any atom is 0.265 e. The smallest absolute Gasteiger partial charge is 0.265 e. The summed E-state index contributed by atoms with van der Waals surface area (Å²) in [6, 6.07) is 5.58. The molecule has 2 aliphatic heterocycles. The Hall–Kier alpha value is -1.18. The van der Waals surface area contributed by atoms with Gasteiger partial charge in [0, 0.05) is 31.3 Å². The predicted octanol–water partition coefficient (Wildman–Crippen LogP) is 4.48. The highest BCUT2D eigenvalue weighted by Gasteiger charge is 2.32. The number of nitrogens with zero attached hydrogens (tertiary/aromatic N) is 2. The summed E-state index contributed by atoms with van der Waals surface area (Å²) < 4.78 is 5.93. The van der Waals surface area contributed by atoms with E-state index in [1.54, 1.807) is 24.4 Å². The molecule has 5 nitrogen and oxygen atoms in total. The average molecular weight is 440 g/mol. The van der Waals surface area contributed by atoms with Crippen molar-refractivity contribution in [2.45, 2.75) is 37.8 Å². The second-order valence-corrected chi connectivity index (χ2v) is 9.29. The van der Waals surface area contributed by atoms with Gasteiger partial charge < -0.3 is 15.4 Å². The first-order valence-corrected chi connectivity index (χ1v) is 11.2. The summed E-state index contributed by atoms with van der Waals surface area (Å²) in [5.74, 6) is 0.501.